The van der Waals surface area contributed by atoms with Gasteiger partial charge in [-0.15, -0.1) is 0 Å². The number of nitriles is 1. The maximum Gasteiger partial charge on any atom is 0.326 e. The zero-order valence-electron chi connectivity index (χ0n) is 23.7. The van der Waals surface area contributed by atoms with Crippen LogP contribution in [0.1, 0.15) is 49.4 Å². The van der Waals surface area contributed by atoms with Gasteiger partial charge in [0.25, 0.3) is 5.91 Å². The minimum Gasteiger partial charge on any atom is -0.480 e. The summed E-state index contributed by atoms with van der Waals surface area (Å²) in [6, 6.07) is 19.0. The van der Waals surface area contributed by atoms with Crippen molar-refractivity contribution in [3.05, 3.63) is 106 Å². The van der Waals surface area contributed by atoms with Crippen molar-refractivity contribution in [1.29, 1.82) is 5.26 Å². The van der Waals surface area contributed by atoms with Crippen molar-refractivity contribution in [2.75, 3.05) is 7.05 Å². The van der Waals surface area contributed by atoms with Crippen LogP contribution in [0.25, 0.3) is 10.9 Å². The van der Waals surface area contributed by atoms with Crippen LogP contribution in [0.5, 0.6) is 0 Å². The molecule has 1 heterocycles. The molecule has 0 fully saturated rings. The van der Waals surface area contributed by atoms with Crippen molar-refractivity contribution in [3.8, 4) is 6.07 Å². The maximum absolute atomic E-state index is 13.8. The summed E-state index contributed by atoms with van der Waals surface area (Å²) in [5.41, 5.74) is 4.84. The van der Waals surface area contributed by atoms with E-state index in [2.05, 4.69) is 10.3 Å². The normalized spacial score (nSPS) is 12.2. The van der Waals surface area contributed by atoms with E-state index in [-0.39, 0.29) is 31.0 Å². The first-order chi connectivity index (χ1) is 20.1. The van der Waals surface area contributed by atoms with Crippen LogP contribution < -0.4 is 5.32 Å². The molecular formula is C33H32N4O5. The Morgan fingerprint density at radius 1 is 0.952 bits per heavy atom. The number of nitrogens with one attached hydrogen (secondary N) is 2. The molecule has 3 N–H and O–H groups in total. The van der Waals surface area contributed by atoms with Gasteiger partial charge in [-0.2, -0.15) is 5.26 Å². The molecule has 0 unspecified atom stereocenters. The zero-order valence-corrected chi connectivity index (χ0v) is 23.7. The number of nitrogens with zero attached hydrogens (tertiary/aromatic N) is 2. The van der Waals surface area contributed by atoms with Crippen molar-refractivity contribution in [3.63, 3.8) is 0 Å². The number of hydrogen-bond donors (Lipinski definition) is 3. The van der Waals surface area contributed by atoms with Gasteiger partial charge in [0.1, 0.15) is 12.1 Å². The molecule has 0 bridgehead atoms. The average Bonchev–Trinajstić information content (AvgIpc) is 3.37. The highest BCUT2D eigenvalue weighted by molar-refractivity contribution is 5.99. The van der Waals surface area contributed by atoms with Crippen LogP contribution in [0.2, 0.25) is 0 Å². The third-order valence-electron chi connectivity index (χ3n) is 7.22. The number of ketones is 1. The van der Waals surface area contributed by atoms with Crippen LogP contribution in [0.3, 0.4) is 0 Å². The number of amides is 2. The molecule has 0 aliphatic rings. The van der Waals surface area contributed by atoms with E-state index >= 15 is 0 Å². The van der Waals surface area contributed by atoms with E-state index in [9.17, 15) is 24.3 Å². The van der Waals surface area contributed by atoms with E-state index in [1.165, 1.54) is 11.9 Å². The highest BCUT2D eigenvalue weighted by Gasteiger charge is 2.32. The van der Waals surface area contributed by atoms with Crippen LogP contribution in [0.15, 0.2) is 72.9 Å². The highest BCUT2D eigenvalue weighted by atomic mass is 16.4. The third-order valence-corrected chi connectivity index (χ3v) is 7.22. The van der Waals surface area contributed by atoms with Gasteiger partial charge >= 0.3 is 5.97 Å². The van der Waals surface area contributed by atoms with E-state index < -0.39 is 24.0 Å². The lowest BCUT2D eigenvalue weighted by Gasteiger charge is -2.29. The van der Waals surface area contributed by atoms with Gasteiger partial charge in [0.2, 0.25) is 5.91 Å². The fraction of sp³-hybridized carbons (Fsp3) is 0.242. The number of aromatic amines is 1. The number of likely N-dealkylation sites (N-methyl/N-ethyl adjacent to an activating group) is 1. The number of aliphatic carboxylic acids is 1. The van der Waals surface area contributed by atoms with Crippen LogP contribution in [-0.4, -0.2) is 57.7 Å². The molecule has 0 aliphatic carbocycles. The zero-order chi connectivity index (χ0) is 30.4. The Kier molecular flexibility index (Phi) is 9.18. The summed E-state index contributed by atoms with van der Waals surface area (Å²) < 4.78 is 0. The lowest BCUT2D eigenvalue weighted by Crippen LogP contribution is -2.53. The Labute approximate surface area is 243 Å². The summed E-state index contributed by atoms with van der Waals surface area (Å²) in [4.78, 5) is 56.1. The van der Waals surface area contributed by atoms with Crippen molar-refractivity contribution >= 4 is 34.5 Å². The summed E-state index contributed by atoms with van der Waals surface area (Å²) in [6.45, 7) is 3.76. The molecule has 214 valence electrons. The summed E-state index contributed by atoms with van der Waals surface area (Å²) in [5, 5.41) is 22.4. The first-order valence-corrected chi connectivity index (χ1v) is 13.5. The van der Waals surface area contributed by atoms with E-state index in [1.807, 2.05) is 50.2 Å². The van der Waals surface area contributed by atoms with Gasteiger partial charge in [0, 0.05) is 48.1 Å². The molecule has 4 aromatic rings. The molecule has 0 aliphatic heterocycles. The molecule has 0 saturated carbocycles. The second-order valence-electron chi connectivity index (χ2n) is 10.4. The second kappa shape index (κ2) is 13.0. The Balaban J connectivity index is 1.62. The molecule has 9 nitrogen and oxygen atoms in total. The number of benzene rings is 3. The quantitative estimate of drug-likeness (QED) is 0.231. The first-order valence-electron chi connectivity index (χ1n) is 13.5. The van der Waals surface area contributed by atoms with Gasteiger partial charge < -0.3 is 20.3 Å². The fourth-order valence-electron chi connectivity index (χ4n) is 5.06. The number of aryl methyl sites for hydroxylation is 2. The van der Waals surface area contributed by atoms with Crippen molar-refractivity contribution < 1.29 is 24.3 Å². The van der Waals surface area contributed by atoms with Crippen molar-refractivity contribution in [1.82, 2.24) is 15.2 Å². The number of carbonyl (C=O) groups excluding carboxylic acids is 3. The first kappa shape index (κ1) is 29.7. The number of Topliss-reactive ketones (excluding diaryl/α,β-unsaturated/α-hetero) is 1. The molecule has 0 saturated heterocycles. The Hall–Kier alpha value is -5.23. The number of para-hydroxylation sites is 1. The molecule has 42 heavy (non-hydrogen) atoms. The van der Waals surface area contributed by atoms with Gasteiger partial charge in [-0.1, -0.05) is 59.7 Å². The van der Waals surface area contributed by atoms with Crippen LogP contribution >= 0.6 is 0 Å². The lowest BCUT2D eigenvalue weighted by molar-refractivity contribution is -0.142. The van der Waals surface area contributed by atoms with Crippen LogP contribution in [0, 0.1) is 25.2 Å². The molecule has 2 atom stereocenters. The van der Waals surface area contributed by atoms with E-state index in [0.717, 1.165) is 27.6 Å². The second-order valence-corrected chi connectivity index (χ2v) is 10.4. The number of aromatic nitrogens is 1. The SMILES string of the molecule is Cc1cc(C)cc(C(=O)N(C)[C@H](Cc2ccc(C(=O)CC#N)cc2)C(=O)N[C@@H](Cc2c[nH]c3ccccc23)C(=O)O)c1. The van der Waals surface area contributed by atoms with E-state index in [1.54, 1.807) is 42.6 Å². The monoisotopic (exact) mass is 564 g/mol. The summed E-state index contributed by atoms with van der Waals surface area (Å²) >= 11 is 0. The Bertz CT molecular complexity index is 1660. The molecule has 9 heteroatoms. The Morgan fingerprint density at radius 3 is 2.26 bits per heavy atom. The average molecular weight is 565 g/mol. The number of carboxylic acid groups (broad SMARTS) is 1. The van der Waals surface area contributed by atoms with Gasteiger partial charge in [0.05, 0.1) is 12.5 Å². The molecule has 3 aromatic carbocycles. The highest BCUT2D eigenvalue weighted by Crippen LogP contribution is 2.20. The van der Waals surface area contributed by atoms with Gasteiger partial charge in [0.15, 0.2) is 5.78 Å². The number of rotatable bonds is 11. The van der Waals surface area contributed by atoms with Gasteiger partial charge in [-0.25, -0.2) is 4.79 Å². The standard InChI is InChI=1S/C33H32N4O5/c1-20-14-21(2)16-24(15-20)32(40)37(3)29(17-22-8-10-23(11-9-22)30(38)12-13-34)31(39)36-28(33(41)42)18-25-19-35-27-7-5-4-6-26(25)27/h4-11,14-16,19,28-29,35H,12,17-18H2,1-3H3,(H,36,39)(H,41,42)/t28-,29+/m0/s1. The molecule has 0 radical (unpaired) electrons. The van der Waals surface area contributed by atoms with E-state index in [0.29, 0.717) is 16.7 Å². The number of carbonyl (C=O) groups is 4. The molecule has 1 aromatic heterocycles. The fourth-order valence-corrected chi connectivity index (χ4v) is 5.06. The predicted octanol–water partition coefficient (Wildman–Crippen LogP) is 4.38. The molecule has 4 rings (SSSR count). The topological polar surface area (TPSA) is 143 Å². The summed E-state index contributed by atoms with van der Waals surface area (Å²) in [6.07, 6.45) is 1.60. The third kappa shape index (κ3) is 6.91. The largest absolute Gasteiger partial charge is 0.480 e. The van der Waals surface area contributed by atoms with Gasteiger partial charge in [-0.3, -0.25) is 14.4 Å². The smallest absolute Gasteiger partial charge is 0.326 e. The Morgan fingerprint density at radius 2 is 1.62 bits per heavy atom. The maximum atomic E-state index is 13.8. The van der Waals surface area contributed by atoms with Crippen LogP contribution in [-0.2, 0) is 22.4 Å². The predicted molar refractivity (Wildman–Crippen MR) is 158 cm³/mol. The summed E-state index contributed by atoms with van der Waals surface area (Å²) in [7, 11) is 1.52. The number of H-pyrrole nitrogens is 1. The summed E-state index contributed by atoms with van der Waals surface area (Å²) in [5.74, 6) is -2.52. The number of hydrogen-bond acceptors (Lipinski definition) is 5. The molecule has 2 amide bonds. The minimum atomic E-state index is -1.24. The number of fused-ring (bicyclic) bond motifs is 1. The van der Waals surface area contributed by atoms with Crippen LogP contribution in [0.4, 0.5) is 0 Å². The number of carboxylic acids is 1. The molecule has 0 spiro atoms. The molecular weight excluding hydrogens is 532 g/mol. The van der Waals surface area contributed by atoms with Gasteiger partial charge in [-0.05, 0) is 43.2 Å². The lowest BCUT2D eigenvalue weighted by atomic mass is 9.99. The van der Waals surface area contributed by atoms with E-state index in [4.69, 9.17) is 5.26 Å². The van der Waals surface area contributed by atoms with Crippen molar-refractivity contribution in [2.24, 2.45) is 0 Å². The van der Waals surface area contributed by atoms with Crippen molar-refractivity contribution in [2.45, 2.75) is 45.2 Å². The minimum absolute atomic E-state index is 0.0439.